The van der Waals surface area contributed by atoms with E-state index in [9.17, 15) is 4.79 Å². The van der Waals surface area contributed by atoms with Gasteiger partial charge in [0.15, 0.2) is 0 Å². The van der Waals surface area contributed by atoms with Crippen LogP contribution in [0, 0.1) is 5.92 Å². The zero-order valence-electron chi connectivity index (χ0n) is 9.99. The first-order chi connectivity index (χ1) is 7.69. The Hall–Kier alpha value is -1.32. The molecular formula is C12H19N3O. The average Bonchev–Trinajstić information content (AvgIpc) is 2.29. The molecule has 88 valence electrons. The van der Waals surface area contributed by atoms with Crippen LogP contribution < -0.4 is 10.5 Å². The molecule has 0 aliphatic carbocycles. The van der Waals surface area contributed by atoms with E-state index in [1.165, 1.54) is 12.8 Å². The van der Waals surface area contributed by atoms with Gasteiger partial charge in [-0.2, -0.15) is 0 Å². The lowest BCUT2D eigenvalue weighted by molar-refractivity contribution is 0.434. The van der Waals surface area contributed by atoms with Crippen LogP contribution >= 0.6 is 0 Å². The summed E-state index contributed by atoms with van der Waals surface area (Å²) < 4.78 is 0. The van der Waals surface area contributed by atoms with Gasteiger partial charge in [0.05, 0.1) is 0 Å². The molecule has 0 saturated carbocycles. The molecule has 1 aliphatic heterocycles. The first-order valence-corrected chi connectivity index (χ1v) is 6.04. The van der Waals surface area contributed by atoms with Gasteiger partial charge in [0.25, 0.3) is 5.56 Å². The predicted octanol–water partition coefficient (Wildman–Crippen LogP) is 1.57. The van der Waals surface area contributed by atoms with Crippen LogP contribution in [0.5, 0.6) is 0 Å². The second kappa shape index (κ2) is 4.68. The summed E-state index contributed by atoms with van der Waals surface area (Å²) in [5.41, 5.74) is 0.831. The van der Waals surface area contributed by atoms with E-state index in [4.69, 9.17) is 0 Å². The fourth-order valence-electron chi connectivity index (χ4n) is 2.05. The highest BCUT2D eigenvalue weighted by molar-refractivity contribution is 5.30. The Morgan fingerprint density at radius 3 is 2.81 bits per heavy atom. The lowest BCUT2D eigenvalue weighted by atomic mass is 10.00. The number of hydrogen-bond acceptors (Lipinski definition) is 3. The van der Waals surface area contributed by atoms with Gasteiger partial charge < -0.3 is 4.90 Å². The van der Waals surface area contributed by atoms with E-state index >= 15 is 0 Å². The lowest BCUT2D eigenvalue weighted by Gasteiger charge is -2.30. The monoisotopic (exact) mass is 221 g/mol. The highest BCUT2D eigenvalue weighted by Gasteiger charge is 2.17. The van der Waals surface area contributed by atoms with Crippen molar-refractivity contribution in [1.82, 2.24) is 9.97 Å². The second-order valence-corrected chi connectivity index (χ2v) is 4.58. The van der Waals surface area contributed by atoms with Crippen molar-refractivity contribution >= 4 is 5.95 Å². The molecule has 16 heavy (non-hydrogen) atoms. The van der Waals surface area contributed by atoms with Crippen molar-refractivity contribution in [2.45, 2.75) is 33.1 Å². The van der Waals surface area contributed by atoms with Gasteiger partial charge in [0.2, 0.25) is 5.95 Å². The summed E-state index contributed by atoms with van der Waals surface area (Å²) >= 11 is 0. The molecule has 0 radical (unpaired) electrons. The molecule has 1 N–H and O–H groups in total. The molecule has 1 aliphatic rings. The first-order valence-electron chi connectivity index (χ1n) is 6.04. The third-order valence-electron chi connectivity index (χ3n) is 3.23. The number of rotatable bonds is 2. The molecule has 2 rings (SSSR count). The van der Waals surface area contributed by atoms with E-state index in [-0.39, 0.29) is 5.56 Å². The highest BCUT2D eigenvalue weighted by atomic mass is 16.1. The molecule has 1 saturated heterocycles. The minimum absolute atomic E-state index is 0.0412. The second-order valence-electron chi connectivity index (χ2n) is 4.58. The van der Waals surface area contributed by atoms with Gasteiger partial charge in [-0.3, -0.25) is 9.78 Å². The van der Waals surface area contributed by atoms with Crippen molar-refractivity contribution < 1.29 is 0 Å². The Kier molecular flexibility index (Phi) is 3.27. The minimum atomic E-state index is -0.0412. The zero-order chi connectivity index (χ0) is 11.5. The number of aromatic nitrogens is 2. The van der Waals surface area contributed by atoms with Crippen LogP contribution in [0.25, 0.3) is 0 Å². The first kappa shape index (κ1) is 11.2. The van der Waals surface area contributed by atoms with Crippen LogP contribution in [-0.4, -0.2) is 23.1 Å². The third kappa shape index (κ3) is 2.43. The quantitative estimate of drug-likeness (QED) is 0.824. The molecule has 0 aromatic carbocycles. The van der Waals surface area contributed by atoms with Crippen molar-refractivity contribution in [2.75, 3.05) is 18.0 Å². The molecule has 2 heterocycles. The molecule has 0 bridgehead atoms. The predicted molar refractivity (Wildman–Crippen MR) is 64.8 cm³/mol. The molecular weight excluding hydrogens is 202 g/mol. The highest BCUT2D eigenvalue weighted by Crippen LogP contribution is 2.19. The average molecular weight is 221 g/mol. The molecule has 1 aromatic heterocycles. The fourth-order valence-corrected chi connectivity index (χ4v) is 2.05. The molecule has 0 amide bonds. The summed E-state index contributed by atoms with van der Waals surface area (Å²) in [6.07, 6.45) is 3.17. The topological polar surface area (TPSA) is 49.0 Å². The largest absolute Gasteiger partial charge is 0.342 e. The van der Waals surface area contributed by atoms with Gasteiger partial charge in [-0.25, -0.2) is 4.98 Å². The number of H-pyrrole nitrogens is 1. The van der Waals surface area contributed by atoms with Crippen LogP contribution in [0.2, 0.25) is 0 Å². The Morgan fingerprint density at radius 1 is 1.50 bits per heavy atom. The molecule has 4 heteroatoms. The van der Waals surface area contributed by atoms with Crippen molar-refractivity contribution in [3.8, 4) is 0 Å². The van der Waals surface area contributed by atoms with Gasteiger partial charge in [-0.15, -0.1) is 0 Å². The van der Waals surface area contributed by atoms with Crippen molar-refractivity contribution in [1.29, 1.82) is 0 Å². The number of hydrogen-bond donors (Lipinski definition) is 1. The number of nitrogens with zero attached hydrogens (tertiary/aromatic N) is 2. The van der Waals surface area contributed by atoms with Crippen molar-refractivity contribution in [2.24, 2.45) is 5.92 Å². The maximum Gasteiger partial charge on any atom is 0.252 e. The van der Waals surface area contributed by atoms with E-state index < -0.39 is 0 Å². The van der Waals surface area contributed by atoms with Crippen LogP contribution in [0.1, 0.15) is 32.4 Å². The van der Waals surface area contributed by atoms with Crippen LogP contribution in [0.3, 0.4) is 0 Å². The Bertz CT molecular complexity index is 405. The van der Waals surface area contributed by atoms with E-state index in [2.05, 4.69) is 21.8 Å². The van der Waals surface area contributed by atoms with E-state index in [1.807, 2.05) is 6.92 Å². The lowest BCUT2D eigenvalue weighted by Crippen LogP contribution is -2.35. The SMILES string of the molecule is CCc1cc(=O)[nH]c(N2CCC(C)CC2)n1. The Morgan fingerprint density at radius 2 is 2.19 bits per heavy atom. The summed E-state index contributed by atoms with van der Waals surface area (Å²) in [7, 11) is 0. The maximum atomic E-state index is 11.5. The smallest absolute Gasteiger partial charge is 0.252 e. The number of piperidine rings is 1. The molecule has 4 nitrogen and oxygen atoms in total. The van der Waals surface area contributed by atoms with Gasteiger partial charge >= 0.3 is 0 Å². The number of aromatic amines is 1. The number of aryl methyl sites for hydroxylation is 1. The number of anilines is 1. The standard InChI is InChI=1S/C12H19N3O/c1-3-10-8-11(16)14-12(13-10)15-6-4-9(2)5-7-15/h8-9H,3-7H2,1-2H3,(H,13,14,16). The molecule has 0 spiro atoms. The molecule has 0 unspecified atom stereocenters. The normalized spacial score (nSPS) is 17.8. The van der Waals surface area contributed by atoms with Crippen molar-refractivity contribution in [3.05, 3.63) is 22.1 Å². The molecule has 1 fully saturated rings. The van der Waals surface area contributed by atoms with Gasteiger partial charge in [-0.05, 0) is 25.2 Å². The van der Waals surface area contributed by atoms with Gasteiger partial charge in [0, 0.05) is 24.8 Å². The summed E-state index contributed by atoms with van der Waals surface area (Å²) in [5.74, 6) is 1.54. The third-order valence-corrected chi connectivity index (χ3v) is 3.23. The van der Waals surface area contributed by atoms with E-state index in [1.54, 1.807) is 6.07 Å². The summed E-state index contributed by atoms with van der Waals surface area (Å²) in [6, 6.07) is 1.58. The molecule has 0 atom stereocenters. The summed E-state index contributed by atoms with van der Waals surface area (Å²) in [5, 5.41) is 0. The zero-order valence-corrected chi connectivity index (χ0v) is 9.99. The molecule has 1 aromatic rings. The summed E-state index contributed by atoms with van der Waals surface area (Å²) in [6.45, 7) is 6.29. The summed E-state index contributed by atoms with van der Waals surface area (Å²) in [4.78, 5) is 20.9. The Balaban J connectivity index is 2.20. The Labute approximate surface area is 95.7 Å². The van der Waals surface area contributed by atoms with Crippen LogP contribution in [0.4, 0.5) is 5.95 Å². The van der Waals surface area contributed by atoms with Crippen LogP contribution in [0.15, 0.2) is 10.9 Å². The minimum Gasteiger partial charge on any atom is -0.342 e. The van der Waals surface area contributed by atoms with E-state index in [0.29, 0.717) is 0 Å². The van der Waals surface area contributed by atoms with E-state index in [0.717, 1.165) is 37.1 Å². The number of nitrogens with one attached hydrogen (secondary N) is 1. The maximum absolute atomic E-state index is 11.5. The fraction of sp³-hybridized carbons (Fsp3) is 0.667. The van der Waals surface area contributed by atoms with Gasteiger partial charge in [0.1, 0.15) is 0 Å². The van der Waals surface area contributed by atoms with Crippen molar-refractivity contribution in [3.63, 3.8) is 0 Å². The van der Waals surface area contributed by atoms with Crippen LogP contribution in [-0.2, 0) is 6.42 Å². The van der Waals surface area contributed by atoms with Gasteiger partial charge in [-0.1, -0.05) is 13.8 Å².